The van der Waals surface area contributed by atoms with Gasteiger partial charge in [-0.3, -0.25) is 0 Å². The largest absolute Gasteiger partial charge is 0.214 e. The Labute approximate surface area is 102 Å². The summed E-state index contributed by atoms with van der Waals surface area (Å²) in [5.41, 5.74) is -0.365. The summed E-state index contributed by atoms with van der Waals surface area (Å²) in [7, 11) is -1.47. The Hall–Kier alpha value is 0.390. The minimum absolute atomic E-state index is 0.234. The zero-order valence-electron chi connectivity index (χ0n) is 10.2. The molecule has 0 unspecified atom stereocenters. The van der Waals surface area contributed by atoms with Crippen molar-refractivity contribution in [3.63, 3.8) is 0 Å². The number of hydrogen-bond acceptors (Lipinski definition) is 2. The fraction of sp³-hybridized carbons (Fsp3) is 1.00. The van der Waals surface area contributed by atoms with Gasteiger partial charge in [-0.2, -0.15) is 4.31 Å². The fourth-order valence-electron chi connectivity index (χ4n) is 0.982. The number of nitrogens with zero attached hydrogens (tertiary/aromatic N) is 1. The van der Waals surface area contributed by atoms with Gasteiger partial charge >= 0.3 is 0 Å². The molecule has 0 spiro atoms. The molecule has 0 aromatic rings. The smallest absolute Gasteiger partial charge is 0.212 e. The first-order valence-corrected chi connectivity index (χ1v) is 7.89. The van der Waals surface area contributed by atoms with Crippen LogP contribution in [0.25, 0.3) is 0 Å². The van der Waals surface area contributed by atoms with Gasteiger partial charge in [-0.25, -0.2) is 8.42 Å². The maximum Gasteiger partial charge on any atom is 0.214 e. The summed E-state index contributed by atoms with van der Waals surface area (Å²) in [6.45, 7) is 7.89. The van der Waals surface area contributed by atoms with Gasteiger partial charge < -0.3 is 0 Å². The topological polar surface area (TPSA) is 37.4 Å². The summed E-state index contributed by atoms with van der Waals surface area (Å²) in [6, 6.07) is 0. The third-order valence-corrected chi connectivity index (χ3v) is 6.00. The Morgan fingerprint density at radius 1 is 1.33 bits per heavy atom. The second-order valence-electron chi connectivity index (χ2n) is 4.91. The van der Waals surface area contributed by atoms with E-state index in [-0.39, 0.29) is 11.3 Å². The Morgan fingerprint density at radius 3 is 2.13 bits per heavy atom. The van der Waals surface area contributed by atoms with Crippen LogP contribution < -0.4 is 0 Å². The van der Waals surface area contributed by atoms with Gasteiger partial charge in [-0.05, 0) is 26.2 Å². The van der Waals surface area contributed by atoms with Gasteiger partial charge in [-0.1, -0.05) is 29.8 Å². The van der Waals surface area contributed by atoms with E-state index in [1.54, 1.807) is 7.05 Å². The van der Waals surface area contributed by atoms with E-state index in [0.29, 0.717) is 17.7 Å². The van der Waals surface area contributed by atoms with Crippen LogP contribution >= 0.6 is 15.9 Å². The van der Waals surface area contributed by atoms with Crippen molar-refractivity contribution in [3.05, 3.63) is 0 Å². The van der Waals surface area contributed by atoms with Gasteiger partial charge in [0.25, 0.3) is 0 Å². The van der Waals surface area contributed by atoms with Crippen LogP contribution in [0.5, 0.6) is 0 Å². The molecule has 15 heavy (non-hydrogen) atoms. The first-order valence-electron chi connectivity index (χ1n) is 5.16. The summed E-state index contributed by atoms with van der Waals surface area (Å²) in [5.74, 6) is 0.651. The van der Waals surface area contributed by atoms with Crippen molar-refractivity contribution >= 4 is 26.0 Å². The normalized spacial score (nSPS) is 13.9. The number of halogens is 1. The molecule has 0 rings (SSSR count). The SMILES string of the molecule is CC(C)CCS(=O)(=O)N(C)C(C)(C)CBr. The Bertz CT molecular complexity index is 286. The van der Waals surface area contributed by atoms with E-state index in [9.17, 15) is 8.42 Å². The van der Waals surface area contributed by atoms with E-state index >= 15 is 0 Å². The molecule has 3 nitrogen and oxygen atoms in total. The summed E-state index contributed by atoms with van der Waals surface area (Å²) in [4.78, 5) is 0. The molecule has 92 valence electrons. The molecule has 0 fully saturated rings. The van der Waals surface area contributed by atoms with Gasteiger partial charge in [-0.15, -0.1) is 0 Å². The van der Waals surface area contributed by atoms with Crippen molar-refractivity contribution in [1.29, 1.82) is 0 Å². The molecule has 0 aliphatic carbocycles. The molecule has 0 radical (unpaired) electrons. The molecule has 0 saturated carbocycles. The van der Waals surface area contributed by atoms with Crippen LogP contribution in [0.4, 0.5) is 0 Å². The van der Waals surface area contributed by atoms with E-state index in [2.05, 4.69) is 15.9 Å². The van der Waals surface area contributed by atoms with E-state index in [0.717, 1.165) is 0 Å². The average molecular weight is 300 g/mol. The van der Waals surface area contributed by atoms with Crippen molar-refractivity contribution in [2.45, 2.75) is 39.7 Å². The summed E-state index contributed by atoms with van der Waals surface area (Å²) in [5, 5.41) is 0.636. The van der Waals surface area contributed by atoms with Crippen molar-refractivity contribution in [3.8, 4) is 0 Å². The molecule has 0 bridgehead atoms. The second-order valence-corrected chi connectivity index (χ2v) is 7.59. The van der Waals surface area contributed by atoms with Crippen LogP contribution in [0.1, 0.15) is 34.1 Å². The second kappa shape index (κ2) is 5.64. The zero-order chi connectivity index (χ0) is 12.3. The maximum atomic E-state index is 11.9. The lowest BCUT2D eigenvalue weighted by molar-refractivity contribution is 0.298. The first kappa shape index (κ1) is 15.4. The minimum Gasteiger partial charge on any atom is -0.212 e. The lowest BCUT2D eigenvalue weighted by Gasteiger charge is -2.33. The Balaban J connectivity index is 4.60. The van der Waals surface area contributed by atoms with Crippen LogP contribution in [0.3, 0.4) is 0 Å². The highest BCUT2D eigenvalue weighted by Gasteiger charge is 2.31. The standard InChI is InChI=1S/C10H22BrNO2S/c1-9(2)6-7-15(13,14)12(5)10(3,4)8-11/h9H,6-8H2,1-5H3. The molecule has 0 atom stereocenters. The van der Waals surface area contributed by atoms with Crippen LogP contribution in [-0.4, -0.2) is 36.4 Å². The van der Waals surface area contributed by atoms with Gasteiger partial charge in [0, 0.05) is 17.9 Å². The molecule has 0 aliphatic rings. The maximum absolute atomic E-state index is 11.9. The zero-order valence-corrected chi connectivity index (χ0v) is 12.7. The van der Waals surface area contributed by atoms with Gasteiger partial charge in [0.05, 0.1) is 5.75 Å². The average Bonchev–Trinajstić information content (AvgIpc) is 2.13. The summed E-state index contributed by atoms with van der Waals surface area (Å²) >= 11 is 3.34. The van der Waals surface area contributed by atoms with Crippen molar-refractivity contribution in [1.82, 2.24) is 4.31 Å². The molecule has 0 saturated heterocycles. The van der Waals surface area contributed by atoms with Gasteiger partial charge in [0.15, 0.2) is 0 Å². The number of hydrogen-bond donors (Lipinski definition) is 0. The predicted octanol–water partition coefficient (Wildman–Crippen LogP) is 2.47. The quantitative estimate of drug-likeness (QED) is 0.707. The lowest BCUT2D eigenvalue weighted by Crippen LogP contribution is -2.47. The highest BCUT2D eigenvalue weighted by Crippen LogP contribution is 2.20. The molecule has 0 heterocycles. The third kappa shape index (κ3) is 4.83. The van der Waals surface area contributed by atoms with Crippen molar-refractivity contribution < 1.29 is 8.42 Å². The third-order valence-electron chi connectivity index (χ3n) is 2.55. The van der Waals surface area contributed by atoms with Crippen molar-refractivity contribution in [2.24, 2.45) is 5.92 Å². The number of sulfonamides is 1. The minimum atomic E-state index is -3.12. The lowest BCUT2D eigenvalue weighted by atomic mass is 10.1. The highest BCUT2D eigenvalue weighted by molar-refractivity contribution is 9.09. The van der Waals surface area contributed by atoms with Crippen LogP contribution in [0, 0.1) is 5.92 Å². The van der Waals surface area contributed by atoms with E-state index in [4.69, 9.17) is 0 Å². The highest BCUT2D eigenvalue weighted by atomic mass is 79.9. The van der Waals surface area contributed by atoms with Gasteiger partial charge in [0.1, 0.15) is 0 Å². The fourth-order valence-corrected chi connectivity index (χ4v) is 3.39. The first-order chi connectivity index (χ1) is 6.63. The van der Waals surface area contributed by atoms with Crippen LogP contribution in [0.15, 0.2) is 0 Å². The Morgan fingerprint density at radius 2 is 1.80 bits per heavy atom. The van der Waals surface area contributed by atoms with Crippen LogP contribution in [-0.2, 0) is 10.0 Å². The summed E-state index contributed by atoms with van der Waals surface area (Å²) < 4.78 is 25.4. The number of rotatable bonds is 6. The summed E-state index contributed by atoms with van der Waals surface area (Å²) in [6.07, 6.45) is 0.713. The molecular weight excluding hydrogens is 278 g/mol. The molecule has 0 N–H and O–H groups in total. The van der Waals surface area contributed by atoms with E-state index < -0.39 is 10.0 Å². The molecule has 0 amide bonds. The number of alkyl halides is 1. The van der Waals surface area contributed by atoms with Crippen LogP contribution in [0.2, 0.25) is 0 Å². The Kier molecular flexibility index (Phi) is 5.79. The molecule has 5 heteroatoms. The molecule has 0 aliphatic heterocycles. The van der Waals surface area contributed by atoms with Crippen molar-refractivity contribution in [2.75, 3.05) is 18.1 Å². The molecular formula is C10H22BrNO2S. The predicted molar refractivity (Wildman–Crippen MR) is 68.9 cm³/mol. The monoisotopic (exact) mass is 299 g/mol. The van der Waals surface area contributed by atoms with E-state index in [1.165, 1.54) is 4.31 Å². The molecule has 0 aromatic carbocycles. The van der Waals surface area contributed by atoms with Gasteiger partial charge in [0.2, 0.25) is 10.0 Å². The molecule has 0 aromatic heterocycles. The van der Waals surface area contributed by atoms with E-state index in [1.807, 2.05) is 27.7 Å².